The number of fused-ring (bicyclic) bond motifs is 1. The van der Waals surface area contributed by atoms with Gasteiger partial charge in [-0.3, -0.25) is 9.79 Å². The average molecular weight is 552 g/mol. The van der Waals surface area contributed by atoms with Gasteiger partial charge in [-0.1, -0.05) is 17.8 Å². The van der Waals surface area contributed by atoms with Crippen LogP contribution in [-0.2, 0) is 12.0 Å². The Morgan fingerprint density at radius 1 is 1.27 bits per heavy atom. The van der Waals surface area contributed by atoms with Crippen LogP contribution in [0.2, 0.25) is 0 Å². The van der Waals surface area contributed by atoms with E-state index in [0.717, 1.165) is 18.5 Å². The van der Waals surface area contributed by atoms with Crippen molar-refractivity contribution in [2.75, 3.05) is 13.2 Å². The summed E-state index contributed by atoms with van der Waals surface area (Å²) >= 11 is 0.539. The molecular formula is C22H19F7N4O3S. The van der Waals surface area contributed by atoms with Crippen LogP contribution in [0.25, 0.3) is 0 Å². The second-order valence-corrected chi connectivity index (χ2v) is 10.2. The number of nitrogens with two attached hydrogens (primary N) is 1. The molecule has 0 amide bonds. The molecule has 0 radical (unpaired) electrons. The number of alkyl halides is 6. The van der Waals surface area contributed by atoms with Crippen LogP contribution in [0, 0.1) is 11.7 Å². The highest BCUT2D eigenvalue weighted by Crippen LogP contribution is 2.74. The highest BCUT2D eigenvalue weighted by molar-refractivity contribution is 8.15. The van der Waals surface area contributed by atoms with Gasteiger partial charge in [-0.25, -0.2) is 31.9 Å². The van der Waals surface area contributed by atoms with E-state index in [9.17, 15) is 40.6 Å². The molecule has 0 saturated heterocycles. The van der Waals surface area contributed by atoms with E-state index < -0.39 is 65.2 Å². The standard InChI is InChI=1S/C22H19F7N4O3S/c1-19(16-20(8-34,22(16,28)29)37-18(30)33-19)11-4-10(2-3-12(11)23)5-14(35)13-6-32-15(7-31-13)36-9-21(26,27)17(24)25/h2-4,6-7,16-17,34H,5,8-9H2,1H3,(H2,30,33)/t16-,19+,20+/m0/s1. The van der Waals surface area contributed by atoms with Crippen molar-refractivity contribution in [3.63, 3.8) is 0 Å². The molecule has 4 rings (SSSR count). The number of benzene rings is 1. The summed E-state index contributed by atoms with van der Waals surface area (Å²) in [5.41, 5.74) is 3.66. The summed E-state index contributed by atoms with van der Waals surface area (Å²) in [6, 6.07) is 3.45. The summed E-state index contributed by atoms with van der Waals surface area (Å²) in [7, 11) is 0. The van der Waals surface area contributed by atoms with Gasteiger partial charge in [0.1, 0.15) is 16.3 Å². The van der Waals surface area contributed by atoms with Gasteiger partial charge >= 0.3 is 12.3 Å². The largest absolute Gasteiger partial charge is 0.470 e. The monoisotopic (exact) mass is 552 g/mol. The second-order valence-electron chi connectivity index (χ2n) is 8.81. The summed E-state index contributed by atoms with van der Waals surface area (Å²) in [6.45, 7) is -1.27. The first-order chi connectivity index (χ1) is 17.2. The van der Waals surface area contributed by atoms with Crippen molar-refractivity contribution in [2.45, 2.75) is 41.9 Å². The Hall–Kier alpha value is -2.94. The number of hydrogen-bond donors (Lipinski definition) is 2. The predicted molar refractivity (Wildman–Crippen MR) is 118 cm³/mol. The van der Waals surface area contributed by atoms with Gasteiger partial charge in [0.05, 0.1) is 30.5 Å². The van der Waals surface area contributed by atoms with Crippen molar-refractivity contribution in [3.05, 3.63) is 53.2 Å². The second kappa shape index (κ2) is 9.11. The predicted octanol–water partition coefficient (Wildman–Crippen LogP) is 3.59. The zero-order valence-electron chi connectivity index (χ0n) is 18.9. The van der Waals surface area contributed by atoms with Crippen molar-refractivity contribution < 1.29 is 45.4 Å². The molecule has 1 fully saturated rings. The van der Waals surface area contributed by atoms with Gasteiger partial charge < -0.3 is 15.6 Å². The molecule has 1 aliphatic heterocycles. The quantitative estimate of drug-likeness (QED) is 0.361. The van der Waals surface area contributed by atoms with Crippen molar-refractivity contribution in [1.82, 2.24) is 9.97 Å². The van der Waals surface area contributed by atoms with Crippen LogP contribution in [0.5, 0.6) is 5.88 Å². The molecule has 3 atom stereocenters. The smallest absolute Gasteiger partial charge is 0.340 e. The number of aliphatic hydroxyl groups excluding tert-OH is 1. The fourth-order valence-corrected chi connectivity index (χ4v) is 5.79. The van der Waals surface area contributed by atoms with Crippen LogP contribution in [0.1, 0.15) is 28.5 Å². The lowest BCUT2D eigenvalue weighted by atomic mass is 9.84. The molecule has 2 heterocycles. The van der Waals surface area contributed by atoms with Crippen LogP contribution in [0.3, 0.4) is 0 Å². The number of aliphatic imine (C=N–C) groups is 1. The minimum atomic E-state index is -4.40. The number of amidine groups is 1. The molecule has 0 unspecified atom stereocenters. The molecule has 0 bridgehead atoms. The van der Waals surface area contributed by atoms with Crippen molar-refractivity contribution >= 4 is 22.7 Å². The first-order valence-corrected chi connectivity index (χ1v) is 11.5. The Bertz CT molecular complexity index is 1250. The van der Waals surface area contributed by atoms with Gasteiger partial charge in [0.2, 0.25) is 5.88 Å². The summed E-state index contributed by atoms with van der Waals surface area (Å²) in [4.78, 5) is 24.1. The molecule has 1 aromatic heterocycles. The Labute approximate surface area is 209 Å². The molecule has 2 aromatic rings. The van der Waals surface area contributed by atoms with E-state index in [4.69, 9.17) is 5.73 Å². The molecule has 37 heavy (non-hydrogen) atoms. The van der Waals surface area contributed by atoms with E-state index in [1.165, 1.54) is 19.1 Å². The number of carbonyl (C=O) groups is 1. The first-order valence-electron chi connectivity index (χ1n) is 10.6. The van der Waals surface area contributed by atoms with Crippen molar-refractivity contribution in [1.29, 1.82) is 0 Å². The van der Waals surface area contributed by atoms with Gasteiger partial charge in [-0.2, -0.15) is 8.78 Å². The van der Waals surface area contributed by atoms with Crippen LogP contribution < -0.4 is 10.5 Å². The van der Waals surface area contributed by atoms with Gasteiger partial charge in [0.25, 0.3) is 5.92 Å². The first kappa shape index (κ1) is 27.1. The molecular weight excluding hydrogens is 533 g/mol. The van der Waals surface area contributed by atoms with Crippen LogP contribution in [-0.4, -0.2) is 62.3 Å². The molecule has 200 valence electrons. The van der Waals surface area contributed by atoms with E-state index in [1.807, 2.05) is 0 Å². The number of ether oxygens (including phenoxy) is 1. The number of thioether (sulfide) groups is 1. The maximum atomic E-state index is 14.9. The fourth-order valence-electron chi connectivity index (χ4n) is 4.43. The summed E-state index contributed by atoms with van der Waals surface area (Å²) in [5, 5.41) is 9.43. The zero-order chi connectivity index (χ0) is 27.4. The average Bonchev–Trinajstić information content (AvgIpc) is 3.34. The van der Waals surface area contributed by atoms with Crippen LogP contribution in [0.15, 0.2) is 35.6 Å². The lowest BCUT2D eigenvalue weighted by Gasteiger charge is -2.32. The van der Waals surface area contributed by atoms with E-state index in [-0.39, 0.29) is 28.4 Å². The topological polar surface area (TPSA) is 111 Å². The SMILES string of the molecule is C[C@]1(c2cc(CC(=O)c3cnc(OCC(F)(F)C(F)F)cn3)ccc2F)N=C(N)S[C@]2(CO)[C@H]1C2(F)F. The summed E-state index contributed by atoms with van der Waals surface area (Å²) in [6.07, 6.45) is -2.63. The maximum absolute atomic E-state index is 14.9. The normalized spacial score (nSPS) is 26.4. The number of halogens is 7. The maximum Gasteiger partial charge on any atom is 0.340 e. The van der Waals surface area contributed by atoms with Gasteiger partial charge in [0, 0.05) is 12.0 Å². The third kappa shape index (κ3) is 4.51. The molecule has 2 aliphatic rings. The molecule has 1 aromatic carbocycles. The third-order valence-electron chi connectivity index (χ3n) is 6.32. The number of rotatable bonds is 9. The van der Waals surface area contributed by atoms with E-state index in [1.54, 1.807) is 0 Å². The number of hydrogen-bond acceptors (Lipinski definition) is 8. The van der Waals surface area contributed by atoms with Gasteiger partial charge in [0.15, 0.2) is 17.6 Å². The molecule has 1 aliphatic carbocycles. The Balaban J connectivity index is 1.53. The van der Waals surface area contributed by atoms with Gasteiger partial charge in [-0.05, 0) is 24.6 Å². The van der Waals surface area contributed by atoms with Crippen molar-refractivity contribution in [3.8, 4) is 5.88 Å². The van der Waals surface area contributed by atoms with Crippen LogP contribution >= 0.6 is 11.8 Å². The number of Topliss-reactive ketones (excluding diaryl/α,β-unsaturated/α-hetero) is 1. The number of aromatic nitrogens is 2. The third-order valence-corrected chi connectivity index (χ3v) is 7.62. The lowest BCUT2D eigenvalue weighted by Crippen LogP contribution is -2.37. The number of nitrogens with zero attached hydrogens (tertiary/aromatic N) is 3. The highest BCUT2D eigenvalue weighted by atomic mass is 32.2. The minimum Gasteiger partial charge on any atom is -0.470 e. The van der Waals surface area contributed by atoms with E-state index in [2.05, 4.69) is 19.7 Å². The molecule has 15 heteroatoms. The number of aliphatic hydroxyl groups is 1. The Morgan fingerprint density at radius 3 is 2.57 bits per heavy atom. The molecule has 0 spiro atoms. The van der Waals surface area contributed by atoms with Gasteiger partial charge in [-0.15, -0.1) is 0 Å². The molecule has 1 saturated carbocycles. The fraction of sp³-hybridized carbons (Fsp3) is 0.455. The molecule has 7 nitrogen and oxygen atoms in total. The highest BCUT2D eigenvalue weighted by Gasteiger charge is 2.87. The number of carbonyl (C=O) groups excluding carboxylic acids is 1. The van der Waals surface area contributed by atoms with E-state index >= 15 is 0 Å². The van der Waals surface area contributed by atoms with Crippen molar-refractivity contribution in [2.24, 2.45) is 16.6 Å². The number of ketones is 1. The Kier molecular flexibility index (Phi) is 6.68. The summed E-state index contributed by atoms with van der Waals surface area (Å²) in [5.74, 6) is -11.4. The Morgan fingerprint density at radius 2 is 1.97 bits per heavy atom. The molecule has 3 N–H and O–H groups in total. The summed E-state index contributed by atoms with van der Waals surface area (Å²) < 4.78 is 97.3. The van der Waals surface area contributed by atoms with Crippen LogP contribution in [0.4, 0.5) is 30.7 Å². The van der Waals surface area contributed by atoms with E-state index in [0.29, 0.717) is 11.8 Å². The zero-order valence-corrected chi connectivity index (χ0v) is 19.7. The lowest BCUT2D eigenvalue weighted by molar-refractivity contribution is -0.148. The minimum absolute atomic E-state index is 0.215.